The molecule has 0 aliphatic heterocycles. The number of hydrogen-bond acceptors (Lipinski definition) is 5. The smallest absolute Gasteiger partial charge is 0.341 e. The summed E-state index contributed by atoms with van der Waals surface area (Å²) in [6.07, 6.45) is 7.75. The molecule has 5 nitrogen and oxygen atoms in total. The molecular formula is C38H40O5. The van der Waals surface area contributed by atoms with E-state index in [4.69, 9.17) is 14.2 Å². The van der Waals surface area contributed by atoms with Crippen LogP contribution in [0.2, 0.25) is 0 Å². The van der Waals surface area contributed by atoms with Gasteiger partial charge in [0.25, 0.3) is 0 Å². The molecule has 3 aromatic rings. The van der Waals surface area contributed by atoms with E-state index in [9.17, 15) is 9.59 Å². The van der Waals surface area contributed by atoms with Gasteiger partial charge in [0.15, 0.2) is 0 Å². The zero-order chi connectivity index (χ0) is 30.8. The Hall–Kier alpha value is -4.40. The molecule has 0 aromatic heterocycles. The molecule has 0 amide bonds. The highest BCUT2D eigenvalue weighted by molar-refractivity contribution is 5.90. The second-order valence-corrected chi connectivity index (χ2v) is 11.2. The van der Waals surface area contributed by atoms with Gasteiger partial charge in [-0.05, 0) is 97.5 Å². The van der Waals surface area contributed by atoms with E-state index in [1.807, 2.05) is 24.3 Å². The van der Waals surface area contributed by atoms with Gasteiger partial charge in [-0.2, -0.15) is 0 Å². The first-order valence-electron chi connectivity index (χ1n) is 14.9. The second kappa shape index (κ2) is 15.2. The number of esters is 2. The Bertz CT molecular complexity index is 1510. The summed E-state index contributed by atoms with van der Waals surface area (Å²) < 4.78 is 16.0. The number of carbonyl (C=O) groups is 2. The lowest BCUT2D eigenvalue weighted by atomic mass is 9.77. The number of methoxy groups -OCH3 is 1. The second-order valence-electron chi connectivity index (χ2n) is 11.2. The van der Waals surface area contributed by atoms with E-state index in [1.165, 1.54) is 51.2 Å². The molecule has 0 spiro atoms. The Balaban J connectivity index is 1.56. The molecule has 1 fully saturated rings. The van der Waals surface area contributed by atoms with Gasteiger partial charge in [0.05, 0.1) is 17.7 Å². The molecule has 222 valence electrons. The van der Waals surface area contributed by atoms with Gasteiger partial charge in [-0.15, -0.1) is 0 Å². The van der Waals surface area contributed by atoms with Crippen LogP contribution in [-0.4, -0.2) is 25.7 Å². The van der Waals surface area contributed by atoms with Gasteiger partial charge in [-0.25, -0.2) is 9.59 Å². The van der Waals surface area contributed by atoms with Crippen LogP contribution in [0.3, 0.4) is 0 Å². The highest BCUT2D eigenvalue weighted by atomic mass is 16.5. The summed E-state index contributed by atoms with van der Waals surface area (Å²) in [5.74, 6) is 7.69. The SMILES string of the molecule is C=C(C)C(=O)Oc1ccc(-c2ccc(OC(=O)C(=C)COC)c(C#Cc3ccc(C4CCC(CCC)CC4)cc3)c2)cc1. The molecule has 1 aliphatic carbocycles. The van der Waals surface area contributed by atoms with Crippen LogP contribution in [0.25, 0.3) is 11.1 Å². The quantitative estimate of drug-likeness (QED) is 0.105. The maximum Gasteiger partial charge on any atom is 0.341 e. The molecule has 4 rings (SSSR count). The van der Waals surface area contributed by atoms with Gasteiger partial charge in [0, 0.05) is 18.2 Å². The molecule has 5 heteroatoms. The van der Waals surface area contributed by atoms with Crippen molar-refractivity contribution in [3.05, 3.63) is 108 Å². The Labute approximate surface area is 255 Å². The maximum absolute atomic E-state index is 12.6. The van der Waals surface area contributed by atoms with Crippen LogP contribution < -0.4 is 9.47 Å². The third kappa shape index (κ3) is 8.80. The van der Waals surface area contributed by atoms with Crippen LogP contribution in [0, 0.1) is 17.8 Å². The summed E-state index contributed by atoms with van der Waals surface area (Å²) in [5, 5.41) is 0. The Morgan fingerprint density at radius 1 is 0.837 bits per heavy atom. The molecule has 0 heterocycles. The molecule has 1 aliphatic rings. The number of hydrogen-bond donors (Lipinski definition) is 0. The number of carbonyl (C=O) groups excluding carboxylic acids is 2. The third-order valence-corrected chi connectivity index (χ3v) is 7.80. The Morgan fingerprint density at radius 2 is 1.51 bits per heavy atom. The average molecular weight is 577 g/mol. The van der Waals surface area contributed by atoms with Crippen molar-refractivity contribution in [3.63, 3.8) is 0 Å². The van der Waals surface area contributed by atoms with Crippen LogP contribution in [0.5, 0.6) is 11.5 Å². The minimum absolute atomic E-state index is 0.0762. The predicted octanol–water partition coefficient (Wildman–Crippen LogP) is 8.42. The normalized spacial score (nSPS) is 16.0. The lowest BCUT2D eigenvalue weighted by Gasteiger charge is -2.28. The fraction of sp³-hybridized carbons (Fsp3) is 0.316. The number of rotatable bonds is 10. The zero-order valence-electron chi connectivity index (χ0n) is 25.4. The van der Waals surface area contributed by atoms with Gasteiger partial charge < -0.3 is 14.2 Å². The van der Waals surface area contributed by atoms with Crippen LogP contribution in [0.4, 0.5) is 0 Å². The van der Waals surface area contributed by atoms with Crippen molar-refractivity contribution >= 4 is 11.9 Å². The summed E-state index contributed by atoms with van der Waals surface area (Å²) in [7, 11) is 1.50. The highest BCUT2D eigenvalue weighted by Crippen LogP contribution is 2.37. The topological polar surface area (TPSA) is 61.8 Å². The minimum atomic E-state index is -0.570. The molecule has 0 saturated heterocycles. The van der Waals surface area contributed by atoms with Gasteiger partial charge in [0.2, 0.25) is 0 Å². The third-order valence-electron chi connectivity index (χ3n) is 7.80. The van der Waals surface area contributed by atoms with Crippen LogP contribution >= 0.6 is 0 Å². The minimum Gasteiger partial charge on any atom is -0.423 e. The van der Waals surface area contributed by atoms with Gasteiger partial charge in [0.1, 0.15) is 11.5 Å². The van der Waals surface area contributed by atoms with Crippen molar-refractivity contribution in [1.29, 1.82) is 0 Å². The highest BCUT2D eigenvalue weighted by Gasteiger charge is 2.21. The summed E-state index contributed by atoms with van der Waals surface area (Å²) in [5.41, 5.74) is 5.13. The fourth-order valence-electron chi connectivity index (χ4n) is 5.38. The largest absolute Gasteiger partial charge is 0.423 e. The van der Waals surface area contributed by atoms with E-state index in [0.717, 1.165) is 22.6 Å². The van der Waals surface area contributed by atoms with E-state index in [2.05, 4.69) is 56.2 Å². The van der Waals surface area contributed by atoms with Crippen molar-refractivity contribution in [1.82, 2.24) is 0 Å². The van der Waals surface area contributed by atoms with Crippen LogP contribution in [-0.2, 0) is 14.3 Å². The molecule has 0 bridgehead atoms. The van der Waals surface area contributed by atoms with E-state index in [0.29, 0.717) is 28.6 Å². The summed E-state index contributed by atoms with van der Waals surface area (Å²) in [6.45, 7) is 11.3. The van der Waals surface area contributed by atoms with Crippen LogP contribution in [0.1, 0.15) is 75.0 Å². The van der Waals surface area contributed by atoms with E-state index in [1.54, 1.807) is 25.1 Å². The van der Waals surface area contributed by atoms with Crippen LogP contribution in [0.15, 0.2) is 91.0 Å². The molecular weight excluding hydrogens is 536 g/mol. The van der Waals surface area contributed by atoms with Crippen molar-refractivity contribution < 1.29 is 23.8 Å². The first-order chi connectivity index (χ1) is 20.8. The number of ether oxygens (including phenoxy) is 3. The molecule has 0 radical (unpaired) electrons. The maximum atomic E-state index is 12.6. The lowest BCUT2D eigenvalue weighted by Crippen LogP contribution is -2.14. The zero-order valence-corrected chi connectivity index (χ0v) is 25.4. The lowest BCUT2D eigenvalue weighted by molar-refractivity contribution is -0.131. The van der Waals surface area contributed by atoms with Crippen molar-refractivity contribution in [3.8, 4) is 34.5 Å². The summed E-state index contributed by atoms with van der Waals surface area (Å²) in [4.78, 5) is 24.5. The molecule has 1 saturated carbocycles. The Kier molecular flexibility index (Phi) is 11.1. The molecule has 0 atom stereocenters. The van der Waals surface area contributed by atoms with Crippen molar-refractivity contribution in [2.45, 2.75) is 58.3 Å². The van der Waals surface area contributed by atoms with E-state index < -0.39 is 11.9 Å². The van der Waals surface area contributed by atoms with Crippen molar-refractivity contribution in [2.24, 2.45) is 5.92 Å². The molecule has 3 aromatic carbocycles. The molecule has 0 N–H and O–H groups in total. The standard InChI is InChI=1S/C38H40O5/c1-6-7-28-8-13-30(14-9-28)31-15-10-29(11-16-31)12-17-34-24-33(20-23-36(34)43-38(40)27(4)25-41-5)32-18-21-35(22-19-32)42-37(39)26(2)3/h10-11,15-16,18-24,28,30H,2,4,6-9,13-14,25H2,1,3,5H3. The first-order valence-corrected chi connectivity index (χ1v) is 14.9. The monoisotopic (exact) mass is 576 g/mol. The van der Waals surface area contributed by atoms with E-state index in [-0.39, 0.29) is 12.2 Å². The van der Waals surface area contributed by atoms with E-state index >= 15 is 0 Å². The fourth-order valence-corrected chi connectivity index (χ4v) is 5.38. The van der Waals surface area contributed by atoms with Gasteiger partial charge in [-0.3, -0.25) is 0 Å². The number of benzene rings is 3. The average Bonchev–Trinajstić information content (AvgIpc) is 3.02. The Morgan fingerprint density at radius 3 is 2.14 bits per heavy atom. The van der Waals surface area contributed by atoms with Crippen molar-refractivity contribution in [2.75, 3.05) is 13.7 Å². The van der Waals surface area contributed by atoms with Gasteiger partial charge >= 0.3 is 11.9 Å². The molecule has 0 unspecified atom stereocenters. The first kappa shape index (κ1) is 31.5. The summed E-state index contributed by atoms with van der Waals surface area (Å²) >= 11 is 0. The summed E-state index contributed by atoms with van der Waals surface area (Å²) in [6, 6.07) is 21.2. The van der Waals surface area contributed by atoms with Gasteiger partial charge in [-0.1, -0.05) is 75.1 Å². The molecule has 43 heavy (non-hydrogen) atoms. The predicted molar refractivity (Wildman–Crippen MR) is 171 cm³/mol.